The zero-order chi connectivity index (χ0) is 14.6. The van der Waals surface area contributed by atoms with Crippen LogP contribution in [0.4, 0.5) is 4.70 Å². The summed E-state index contributed by atoms with van der Waals surface area (Å²) < 4.78 is 26.5. The number of benzene rings is 1. The monoisotopic (exact) mass is 299 g/mol. The molecule has 5 heteroatoms. The van der Waals surface area contributed by atoms with Crippen LogP contribution in [0.3, 0.4) is 0 Å². The van der Waals surface area contributed by atoms with E-state index in [4.69, 9.17) is 0 Å². The van der Waals surface area contributed by atoms with Gasteiger partial charge in [0.15, 0.2) is 0 Å². The van der Waals surface area contributed by atoms with E-state index in [0.29, 0.717) is 18.0 Å². The summed E-state index contributed by atoms with van der Waals surface area (Å²) in [5.41, 5.74) is 2.64. The summed E-state index contributed by atoms with van der Waals surface area (Å²) in [6.07, 6.45) is 0. The molecule has 112 valence electrons. The molecule has 0 heterocycles. The van der Waals surface area contributed by atoms with E-state index in [1.54, 1.807) is 24.3 Å². The van der Waals surface area contributed by atoms with Gasteiger partial charge in [-0.2, -0.15) is 4.31 Å². The summed E-state index contributed by atoms with van der Waals surface area (Å²) >= 11 is 0. The number of hydrogen-bond donors (Lipinski definition) is 0. The second kappa shape index (κ2) is 7.36. The van der Waals surface area contributed by atoms with Crippen LogP contribution in [-0.2, 0) is 10.0 Å². The first kappa shape index (κ1) is 18.5. The summed E-state index contributed by atoms with van der Waals surface area (Å²) in [5.74, 6) is 0. The van der Waals surface area contributed by atoms with Crippen molar-refractivity contribution in [2.75, 3.05) is 13.1 Å². The lowest BCUT2D eigenvalue weighted by atomic mass is 10.2. The third-order valence-corrected chi connectivity index (χ3v) is 4.36. The molecule has 1 rings (SSSR count). The molecule has 0 aliphatic heterocycles. The average Bonchev–Trinajstić information content (AvgIpc) is 2.27. The van der Waals surface area contributed by atoms with Gasteiger partial charge in [-0.05, 0) is 32.9 Å². The van der Waals surface area contributed by atoms with E-state index in [9.17, 15) is 8.42 Å². The quantitative estimate of drug-likeness (QED) is 0.756. The number of sulfonamides is 1. The van der Waals surface area contributed by atoms with Gasteiger partial charge in [0.25, 0.3) is 0 Å². The molecule has 0 atom stereocenters. The molecule has 0 spiro atoms. The highest BCUT2D eigenvalue weighted by molar-refractivity contribution is 7.89. The molecule has 0 radical (unpaired) electrons. The van der Waals surface area contributed by atoms with E-state index in [1.807, 2.05) is 20.8 Å². The summed E-state index contributed by atoms with van der Waals surface area (Å²) in [7, 11) is -3.50. The number of aryl methyl sites for hydroxylation is 1. The molecule has 0 saturated carbocycles. The third-order valence-electron chi connectivity index (χ3n) is 2.55. The lowest BCUT2D eigenvalue weighted by Gasteiger charge is -2.22. The van der Waals surface area contributed by atoms with Crippen LogP contribution in [0.25, 0.3) is 0 Å². The highest BCUT2D eigenvalue weighted by atomic mass is 32.2. The standard InChI is InChI=1S/C15H21NO2S.FH/c1-12(2)10-16(11-13(3)4)19(17,18)15-8-6-14(5)7-9-15;/h6-9H,1,3,10-11H2,2,4-5H3;1H. The predicted molar refractivity (Wildman–Crippen MR) is 82.1 cm³/mol. The second-order valence-corrected chi connectivity index (χ2v) is 6.94. The van der Waals surface area contributed by atoms with Crippen LogP contribution >= 0.6 is 0 Å². The van der Waals surface area contributed by atoms with Gasteiger partial charge < -0.3 is 0 Å². The largest absolute Gasteiger partial charge is 0.269 e. The van der Waals surface area contributed by atoms with Crippen LogP contribution in [0.2, 0.25) is 0 Å². The first-order valence-electron chi connectivity index (χ1n) is 6.09. The fourth-order valence-electron chi connectivity index (χ4n) is 1.69. The molecule has 0 aromatic heterocycles. The van der Waals surface area contributed by atoms with E-state index in [0.717, 1.165) is 16.7 Å². The summed E-state index contributed by atoms with van der Waals surface area (Å²) in [6.45, 7) is 13.8. The highest BCUT2D eigenvalue weighted by Crippen LogP contribution is 2.18. The Balaban J connectivity index is 0.00000361. The topological polar surface area (TPSA) is 37.4 Å². The van der Waals surface area contributed by atoms with Crippen LogP contribution in [0, 0.1) is 6.92 Å². The molecule has 3 nitrogen and oxygen atoms in total. The lowest BCUT2D eigenvalue weighted by Crippen LogP contribution is -2.33. The van der Waals surface area contributed by atoms with Crippen molar-refractivity contribution in [3.05, 3.63) is 54.1 Å². The van der Waals surface area contributed by atoms with Crippen LogP contribution < -0.4 is 0 Å². The van der Waals surface area contributed by atoms with Gasteiger partial charge in [0.05, 0.1) is 4.90 Å². The van der Waals surface area contributed by atoms with Gasteiger partial charge >= 0.3 is 0 Å². The minimum absolute atomic E-state index is 0. The summed E-state index contributed by atoms with van der Waals surface area (Å²) in [6, 6.07) is 6.86. The van der Waals surface area contributed by atoms with Crippen LogP contribution in [0.5, 0.6) is 0 Å². The number of nitrogens with zero attached hydrogens (tertiary/aromatic N) is 1. The Morgan fingerprint density at radius 2 is 1.45 bits per heavy atom. The van der Waals surface area contributed by atoms with Crippen LogP contribution in [0.15, 0.2) is 53.5 Å². The molecule has 0 fully saturated rings. The molecule has 0 unspecified atom stereocenters. The molecule has 0 amide bonds. The van der Waals surface area contributed by atoms with Crippen LogP contribution in [0.1, 0.15) is 19.4 Å². The maximum absolute atomic E-state index is 12.6. The van der Waals surface area contributed by atoms with Gasteiger partial charge in [-0.15, -0.1) is 0 Å². The van der Waals surface area contributed by atoms with Gasteiger partial charge in [-0.25, -0.2) is 8.42 Å². The van der Waals surface area contributed by atoms with E-state index < -0.39 is 10.0 Å². The van der Waals surface area contributed by atoms with Gasteiger partial charge in [-0.1, -0.05) is 42.0 Å². The average molecular weight is 299 g/mol. The fourth-order valence-corrected chi connectivity index (χ4v) is 3.25. The molecule has 0 saturated heterocycles. The lowest BCUT2D eigenvalue weighted by molar-refractivity contribution is 0.460. The molecule has 0 aliphatic rings. The Hall–Kier alpha value is -1.46. The fraction of sp³-hybridized carbons (Fsp3) is 0.333. The van der Waals surface area contributed by atoms with Gasteiger partial charge in [0, 0.05) is 13.1 Å². The van der Waals surface area contributed by atoms with Crippen molar-refractivity contribution in [3.63, 3.8) is 0 Å². The van der Waals surface area contributed by atoms with E-state index in [2.05, 4.69) is 13.2 Å². The van der Waals surface area contributed by atoms with Gasteiger partial charge in [0.2, 0.25) is 10.0 Å². The van der Waals surface area contributed by atoms with E-state index in [1.165, 1.54) is 4.31 Å². The van der Waals surface area contributed by atoms with Gasteiger partial charge in [-0.3, -0.25) is 4.70 Å². The molecular formula is C15H22FNO2S. The van der Waals surface area contributed by atoms with E-state index in [-0.39, 0.29) is 4.70 Å². The first-order chi connectivity index (χ1) is 8.73. The maximum Gasteiger partial charge on any atom is 0.243 e. The van der Waals surface area contributed by atoms with Crippen LogP contribution in [-0.4, -0.2) is 25.8 Å². The maximum atomic E-state index is 12.6. The van der Waals surface area contributed by atoms with Crippen molar-refractivity contribution >= 4 is 10.0 Å². The molecule has 1 aromatic carbocycles. The van der Waals surface area contributed by atoms with Crippen molar-refractivity contribution < 1.29 is 13.1 Å². The van der Waals surface area contributed by atoms with Crippen molar-refractivity contribution in [2.45, 2.75) is 25.7 Å². The number of rotatable bonds is 6. The predicted octanol–water partition coefficient (Wildman–Crippen LogP) is 3.29. The zero-order valence-corrected chi connectivity index (χ0v) is 13.0. The normalized spacial score (nSPS) is 11.0. The zero-order valence-electron chi connectivity index (χ0n) is 12.2. The number of halogens is 1. The Morgan fingerprint density at radius 3 is 1.80 bits per heavy atom. The SMILES string of the molecule is C=C(C)CN(CC(=C)C)S(=O)(=O)c1ccc(C)cc1.F. The second-order valence-electron chi connectivity index (χ2n) is 5.00. The van der Waals surface area contributed by atoms with E-state index >= 15 is 0 Å². The molecule has 0 bridgehead atoms. The van der Waals surface area contributed by atoms with Crippen molar-refractivity contribution in [1.29, 1.82) is 0 Å². The van der Waals surface area contributed by atoms with Crippen molar-refractivity contribution in [1.82, 2.24) is 4.31 Å². The molecular weight excluding hydrogens is 277 g/mol. The molecule has 1 aromatic rings. The summed E-state index contributed by atoms with van der Waals surface area (Å²) in [4.78, 5) is 0.306. The Bertz CT molecular complexity index is 560. The third kappa shape index (κ3) is 4.90. The van der Waals surface area contributed by atoms with Gasteiger partial charge in [0.1, 0.15) is 0 Å². The molecule has 20 heavy (non-hydrogen) atoms. The van der Waals surface area contributed by atoms with Crippen molar-refractivity contribution in [3.8, 4) is 0 Å². The minimum Gasteiger partial charge on any atom is -0.269 e. The minimum atomic E-state index is -3.50. The highest BCUT2D eigenvalue weighted by Gasteiger charge is 2.24. The first-order valence-corrected chi connectivity index (χ1v) is 7.53. The summed E-state index contributed by atoms with van der Waals surface area (Å²) in [5, 5.41) is 0. The Kier molecular flexibility index (Phi) is 6.82. The smallest absolute Gasteiger partial charge is 0.243 e. The molecule has 0 N–H and O–H groups in total. The Labute approximate surface area is 121 Å². The van der Waals surface area contributed by atoms with Crippen molar-refractivity contribution in [2.24, 2.45) is 0 Å². The molecule has 0 aliphatic carbocycles. The Morgan fingerprint density at radius 1 is 1.05 bits per heavy atom. The number of hydrogen-bond acceptors (Lipinski definition) is 2.